The largest absolute Gasteiger partial charge is 0.449 e. The highest BCUT2D eigenvalue weighted by Gasteiger charge is 2.36. The highest BCUT2D eigenvalue weighted by molar-refractivity contribution is 9.10. The lowest BCUT2D eigenvalue weighted by Gasteiger charge is -2.34. The molecular weight excluding hydrogens is 652 g/mol. The Morgan fingerprint density at radius 1 is 0.538 bits per heavy atom. The molecule has 39 heavy (non-hydrogen) atoms. The summed E-state index contributed by atoms with van der Waals surface area (Å²) in [6.07, 6.45) is 0. The number of carbonyl (C=O) groups excluding carboxylic acids is 2. The maximum Gasteiger partial charge on any atom is 0.255 e. The minimum absolute atomic E-state index is 0.150. The van der Waals surface area contributed by atoms with Gasteiger partial charge in [0.15, 0.2) is 0 Å². The molecule has 0 heterocycles. The molecule has 0 aliphatic rings. The fraction of sp³-hybridized carbons (Fsp3) is 0.133. The molecule has 4 aromatic rings. The van der Waals surface area contributed by atoms with Crippen LogP contribution in [0, 0.1) is 0 Å². The predicted octanol–water partition coefficient (Wildman–Crippen LogP) is 7.26. The van der Waals surface area contributed by atoms with Crippen LogP contribution in [-0.4, -0.2) is 28.4 Å². The van der Waals surface area contributed by atoms with Crippen molar-refractivity contribution in [2.45, 2.75) is 26.2 Å². The van der Waals surface area contributed by atoms with Crippen LogP contribution >= 0.6 is 31.9 Å². The maximum absolute atomic E-state index is 12.7. The standard InChI is InChI=1S/C30H30Br2N2O3Si2/c1-38(2,27-17-5-21(6-18-27)29(35)33-25-13-9-23(31)10-14-25)37-39(3,4)28-19-7-22(8-20-28)30(36)34-26-15-11-24(32)12-16-26/h5-20H,1-4H3,(H,33,35)(H,34,36). The van der Waals surface area contributed by atoms with Gasteiger partial charge in [0.25, 0.3) is 11.8 Å². The Labute approximate surface area is 248 Å². The van der Waals surface area contributed by atoms with Gasteiger partial charge in [0.1, 0.15) is 0 Å². The molecule has 0 atom stereocenters. The molecule has 4 aromatic carbocycles. The van der Waals surface area contributed by atoms with Crippen molar-refractivity contribution in [2.75, 3.05) is 10.6 Å². The van der Waals surface area contributed by atoms with Gasteiger partial charge in [0, 0.05) is 31.4 Å². The topological polar surface area (TPSA) is 67.4 Å². The molecule has 9 heteroatoms. The normalized spacial score (nSPS) is 11.6. The zero-order chi connectivity index (χ0) is 28.2. The molecule has 0 saturated heterocycles. The number of hydrogen-bond acceptors (Lipinski definition) is 3. The van der Waals surface area contributed by atoms with Gasteiger partial charge >= 0.3 is 0 Å². The highest BCUT2D eigenvalue weighted by atomic mass is 79.9. The van der Waals surface area contributed by atoms with E-state index in [4.69, 9.17) is 4.12 Å². The predicted molar refractivity (Wildman–Crippen MR) is 172 cm³/mol. The number of halogens is 2. The van der Waals surface area contributed by atoms with Gasteiger partial charge in [-0.1, -0.05) is 56.1 Å². The van der Waals surface area contributed by atoms with E-state index in [1.165, 1.54) is 0 Å². The molecule has 0 aliphatic heterocycles. The third kappa shape index (κ3) is 7.64. The monoisotopic (exact) mass is 680 g/mol. The number of rotatable bonds is 8. The first-order valence-electron chi connectivity index (χ1n) is 12.5. The molecule has 0 unspecified atom stereocenters. The zero-order valence-corrected chi connectivity index (χ0v) is 27.4. The first-order valence-corrected chi connectivity index (χ1v) is 19.9. The van der Waals surface area contributed by atoms with E-state index >= 15 is 0 Å². The minimum atomic E-state index is -2.29. The van der Waals surface area contributed by atoms with Gasteiger partial charge in [0.2, 0.25) is 16.6 Å². The minimum Gasteiger partial charge on any atom is -0.449 e. The van der Waals surface area contributed by atoms with E-state index in [1.54, 1.807) is 0 Å². The van der Waals surface area contributed by atoms with Crippen molar-refractivity contribution < 1.29 is 13.7 Å². The number of hydrogen-bond donors (Lipinski definition) is 2. The Balaban J connectivity index is 1.41. The molecule has 5 nitrogen and oxygen atoms in total. The average molecular weight is 683 g/mol. The van der Waals surface area contributed by atoms with Gasteiger partial charge in [-0.2, -0.15) is 0 Å². The molecule has 0 spiro atoms. The number of benzene rings is 4. The van der Waals surface area contributed by atoms with Crippen molar-refractivity contribution in [1.82, 2.24) is 0 Å². The molecule has 0 aliphatic carbocycles. The van der Waals surface area contributed by atoms with Crippen molar-refractivity contribution in [3.8, 4) is 0 Å². The SMILES string of the molecule is C[Si](C)(O[Si](C)(C)c1ccc(C(=O)Nc2ccc(Br)cc2)cc1)c1ccc(C(=O)Nc2ccc(Br)cc2)cc1. The molecule has 0 aromatic heterocycles. The van der Waals surface area contributed by atoms with Crippen LogP contribution in [0.1, 0.15) is 20.7 Å². The first-order chi connectivity index (χ1) is 18.4. The quantitative estimate of drug-likeness (QED) is 0.193. The lowest BCUT2D eigenvalue weighted by molar-refractivity contribution is 0.101. The second-order valence-corrected chi connectivity index (χ2v) is 20.0. The van der Waals surface area contributed by atoms with Crippen LogP contribution < -0.4 is 21.0 Å². The highest BCUT2D eigenvalue weighted by Crippen LogP contribution is 2.19. The molecule has 2 N–H and O–H groups in total. The Morgan fingerprint density at radius 3 is 1.15 bits per heavy atom. The third-order valence-corrected chi connectivity index (χ3v) is 15.0. The van der Waals surface area contributed by atoms with Gasteiger partial charge < -0.3 is 14.7 Å². The molecule has 0 bridgehead atoms. The lowest BCUT2D eigenvalue weighted by Crippen LogP contribution is -2.57. The second kappa shape index (κ2) is 12.1. The van der Waals surface area contributed by atoms with Crippen molar-refractivity contribution in [3.05, 3.63) is 117 Å². The first kappa shape index (κ1) is 29.2. The summed E-state index contributed by atoms with van der Waals surface area (Å²) in [6, 6.07) is 30.4. The van der Waals surface area contributed by atoms with Crippen LogP contribution in [-0.2, 0) is 4.12 Å². The van der Waals surface area contributed by atoms with Gasteiger partial charge in [-0.25, -0.2) is 0 Å². The van der Waals surface area contributed by atoms with E-state index < -0.39 is 16.6 Å². The molecule has 0 radical (unpaired) electrons. The Kier molecular flexibility index (Phi) is 9.08. The van der Waals surface area contributed by atoms with Crippen LogP contribution in [0.2, 0.25) is 26.2 Å². The van der Waals surface area contributed by atoms with Crippen LogP contribution in [0.5, 0.6) is 0 Å². The summed E-state index contributed by atoms with van der Waals surface area (Å²) in [5.41, 5.74) is 2.68. The summed E-state index contributed by atoms with van der Waals surface area (Å²) in [4.78, 5) is 25.4. The summed E-state index contributed by atoms with van der Waals surface area (Å²) in [5, 5.41) is 8.09. The molecule has 200 valence electrons. The van der Waals surface area contributed by atoms with E-state index in [1.807, 2.05) is 97.1 Å². The van der Waals surface area contributed by atoms with Crippen LogP contribution in [0.3, 0.4) is 0 Å². The fourth-order valence-corrected chi connectivity index (χ4v) is 12.8. The zero-order valence-electron chi connectivity index (χ0n) is 22.2. The van der Waals surface area contributed by atoms with Crippen molar-refractivity contribution in [1.29, 1.82) is 0 Å². The Hall–Kier alpha value is -2.83. The number of carbonyl (C=O) groups is 2. The van der Waals surface area contributed by atoms with E-state index in [2.05, 4.69) is 68.7 Å². The lowest BCUT2D eigenvalue weighted by atomic mass is 10.2. The van der Waals surface area contributed by atoms with Gasteiger partial charge in [-0.15, -0.1) is 0 Å². The van der Waals surface area contributed by atoms with E-state index in [0.717, 1.165) is 30.7 Å². The van der Waals surface area contributed by atoms with Crippen molar-refractivity contribution in [2.24, 2.45) is 0 Å². The molecule has 4 rings (SSSR count). The van der Waals surface area contributed by atoms with E-state index in [9.17, 15) is 9.59 Å². The van der Waals surface area contributed by atoms with Crippen LogP contribution in [0.4, 0.5) is 11.4 Å². The van der Waals surface area contributed by atoms with Crippen LogP contribution in [0.15, 0.2) is 106 Å². The fourth-order valence-electron chi connectivity index (χ4n) is 4.27. The summed E-state index contributed by atoms with van der Waals surface area (Å²) in [5.74, 6) is -0.300. The molecule has 0 saturated carbocycles. The molecule has 0 fully saturated rings. The number of nitrogens with one attached hydrogen (secondary N) is 2. The van der Waals surface area contributed by atoms with Crippen LogP contribution in [0.25, 0.3) is 0 Å². The van der Waals surface area contributed by atoms with Gasteiger partial charge in [-0.3, -0.25) is 9.59 Å². The van der Waals surface area contributed by atoms with Crippen molar-refractivity contribution >= 4 is 82.1 Å². The van der Waals surface area contributed by atoms with Crippen molar-refractivity contribution in [3.63, 3.8) is 0 Å². The summed E-state index contributed by atoms with van der Waals surface area (Å²) >= 11 is 6.81. The number of anilines is 2. The molecular formula is C30H30Br2N2O3Si2. The third-order valence-electron chi connectivity index (χ3n) is 6.40. The summed E-state index contributed by atoms with van der Waals surface area (Å²) in [7, 11) is -4.57. The number of amides is 2. The smallest absolute Gasteiger partial charge is 0.255 e. The average Bonchev–Trinajstić information content (AvgIpc) is 2.91. The summed E-state index contributed by atoms with van der Waals surface area (Å²) in [6.45, 7) is 8.72. The molecule has 2 amide bonds. The van der Waals surface area contributed by atoms with Gasteiger partial charge in [0.05, 0.1) is 0 Å². The Morgan fingerprint density at radius 2 is 0.846 bits per heavy atom. The van der Waals surface area contributed by atoms with E-state index in [0.29, 0.717) is 11.1 Å². The van der Waals surface area contributed by atoms with E-state index in [-0.39, 0.29) is 11.8 Å². The summed E-state index contributed by atoms with van der Waals surface area (Å²) < 4.78 is 8.80. The van der Waals surface area contributed by atoms with Gasteiger partial charge in [-0.05, 0) is 109 Å². The second-order valence-electron chi connectivity index (χ2n) is 10.2. The Bertz CT molecular complexity index is 1340. The maximum atomic E-state index is 12.7.